The van der Waals surface area contributed by atoms with E-state index in [0.717, 1.165) is 13.1 Å². The Labute approximate surface area is 111 Å². The Balaban J connectivity index is 2.40. The lowest BCUT2D eigenvalue weighted by Crippen LogP contribution is -2.45. The summed E-state index contributed by atoms with van der Waals surface area (Å²) < 4.78 is 0. The minimum Gasteiger partial charge on any atom is -0.381 e. The monoisotopic (exact) mass is 246 g/mol. The van der Waals surface area contributed by atoms with Crippen molar-refractivity contribution in [1.82, 2.24) is 0 Å². The van der Waals surface area contributed by atoms with Crippen molar-refractivity contribution in [1.29, 1.82) is 0 Å². The van der Waals surface area contributed by atoms with Crippen molar-refractivity contribution in [3.63, 3.8) is 0 Å². The standard InChI is InChI=1S/C16H26N2/c1-6-14-9-17-15-7-12(4)13(5)8-16(15)18(14)10-11(2)3/h7-8,11,14,17H,6,9-10H2,1-5H3. The van der Waals surface area contributed by atoms with Gasteiger partial charge in [0.15, 0.2) is 0 Å². The molecule has 1 aliphatic rings. The fourth-order valence-corrected chi connectivity index (χ4v) is 2.72. The summed E-state index contributed by atoms with van der Waals surface area (Å²) in [6.07, 6.45) is 1.20. The topological polar surface area (TPSA) is 15.3 Å². The molecule has 1 N–H and O–H groups in total. The summed E-state index contributed by atoms with van der Waals surface area (Å²) in [5.41, 5.74) is 5.47. The molecule has 0 fully saturated rings. The molecular weight excluding hydrogens is 220 g/mol. The summed E-state index contributed by atoms with van der Waals surface area (Å²) in [4.78, 5) is 2.60. The zero-order valence-corrected chi connectivity index (χ0v) is 12.4. The van der Waals surface area contributed by atoms with Gasteiger partial charge in [0.1, 0.15) is 0 Å². The zero-order chi connectivity index (χ0) is 13.3. The smallest absolute Gasteiger partial charge is 0.0608 e. The molecule has 0 saturated carbocycles. The number of nitrogens with one attached hydrogen (secondary N) is 1. The SMILES string of the molecule is CCC1CNc2cc(C)c(C)cc2N1CC(C)C. The quantitative estimate of drug-likeness (QED) is 0.868. The van der Waals surface area contributed by atoms with Crippen molar-refractivity contribution in [2.75, 3.05) is 23.3 Å². The summed E-state index contributed by atoms with van der Waals surface area (Å²) in [6, 6.07) is 5.27. The van der Waals surface area contributed by atoms with Crippen LogP contribution in [-0.2, 0) is 0 Å². The first-order valence-corrected chi connectivity index (χ1v) is 7.14. The first-order valence-electron chi connectivity index (χ1n) is 7.14. The molecule has 1 atom stereocenters. The minimum atomic E-state index is 0.627. The molecule has 1 unspecified atom stereocenters. The molecule has 100 valence electrons. The van der Waals surface area contributed by atoms with Crippen molar-refractivity contribution in [3.05, 3.63) is 23.3 Å². The van der Waals surface area contributed by atoms with E-state index in [0.29, 0.717) is 12.0 Å². The normalized spacial score (nSPS) is 18.8. The number of benzene rings is 1. The van der Waals surface area contributed by atoms with Crippen molar-refractivity contribution in [3.8, 4) is 0 Å². The number of aryl methyl sites for hydroxylation is 2. The predicted molar refractivity (Wildman–Crippen MR) is 80.7 cm³/mol. The van der Waals surface area contributed by atoms with Gasteiger partial charge in [-0.15, -0.1) is 0 Å². The third-order valence-corrected chi connectivity index (χ3v) is 3.92. The van der Waals surface area contributed by atoms with Crippen LogP contribution in [-0.4, -0.2) is 19.1 Å². The van der Waals surface area contributed by atoms with E-state index < -0.39 is 0 Å². The molecule has 0 radical (unpaired) electrons. The highest BCUT2D eigenvalue weighted by Gasteiger charge is 2.25. The molecule has 0 bridgehead atoms. The largest absolute Gasteiger partial charge is 0.381 e. The second-order valence-corrected chi connectivity index (χ2v) is 5.94. The van der Waals surface area contributed by atoms with Crippen LogP contribution < -0.4 is 10.2 Å². The van der Waals surface area contributed by atoms with Gasteiger partial charge in [0.05, 0.1) is 11.4 Å². The lowest BCUT2D eigenvalue weighted by atomic mass is 10.0. The summed E-state index contributed by atoms with van der Waals surface area (Å²) in [5.74, 6) is 0.701. The van der Waals surface area contributed by atoms with Crippen LogP contribution in [0, 0.1) is 19.8 Å². The average Bonchev–Trinajstić information content (AvgIpc) is 2.31. The van der Waals surface area contributed by atoms with Crippen molar-refractivity contribution in [2.24, 2.45) is 5.92 Å². The first-order chi connectivity index (χ1) is 8.52. The van der Waals surface area contributed by atoms with Crippen molar-refractivity contribution in [2.45, 2.75) is 47.1 Å². The fourth-order valence-electron chi connectivity index (χ4n) is 2.72. The second-order valence-electron chi connectivity index (χ2n) is 5.94. The minimum absolute atomic E-state index is 0.627. The van der Waals surface area contributed by atoms with Gasteiger partial charge in [0, 0.05) is 19.1 Å². The van der Waals surface area contributed by atoms with Gasteiger partial charge in [-0.3, -0.25) is 0 Å². The molecule has 1 aliphatic heterocycles. The Morgan fingerprint density at radius 2 is 1.94 bits per heavy atom. The molecule has 2 nitrogen and oxygen atoms in total. The van der Waals surface area contributed by atoms with Crippen LogP contribution in [0.3, 0.4) is 0 Å². The number of anilines is 2. The summed E-state index contributed by atoms with van der Waals surface area (Å²) in [5, 5.41) is 3.59. The lowest BCUT2D eigenvalue weighted by molar-refractivity contribution is 0.522. The second kappa shape index (κ2) is 5.21. The average molecular weight is 246 g/mol. The molecule has 2 rings (SSSR count). The number of hydrogen-bond acceptors (Lipinski definition) is 2. The molecule has 18 heavy (non-hydrogen) atoms. The van der Waals surface area contributed by atoms with Crippen molar-refractivity contribution >= 4 is 11.4 Å². The molecule has 2 heteroatoms. The van der Waals surface area contributed by atoms with Crippen LogP contribution in [0.1, 0.15) is 38.3 Å². The van der Waals surface area contributed by atoms with Crippen molar-refractivity contribution < 1.29 is 0 Å². The molecule has 1 aromatic rings. The Hall–Kier alpha value is -1.18. The highest BCUT2D eigenvalue weighted by Crippen LogP contribution is 2.35. The van der Waals surface area contributed by atoms with E-state index in [1.807, 2.05) is 0 Å². The van der Waals surface area contributed by atoms with Gasteiger partial charge in [-0.2, -0.15) is 0 Å². The van der Waals surface area contributed by atoms with E-state index >= 15 is 0 Å². The highest BCUT2D eigenvalue weighted by atomic mass is 15.2. The van der Waals surface area contributed by atoms with Crippen LogP contribution in [0.2, 0.25) is 0 Å². The highest BCUT2D eigenvalue weighted by molar-refractivity contribution is 5.74. The van der Waals surface area contributed by atoms with Gasteiger partial charge in [0.2, 0.25) is 0 Å². The van der Waals surface area contributed by atoms with E-state index in [2.05, 4.69) is 57.0 Å². The maximum atomic E-state index is 3.59. The van der Waals surface area contributed by atoms with Gasteiger partial charge >= 0.3 is 0 Å². The molecule has 0 aliphatic carbocycles. The van der Waals surface area contributed by atoms with Crippen LogP contribution >= 0.6 is 0 Å². The van der Waals surface area contributed by atoms with E-state index in [-0.39, 0.29) is 0 Å². The van der Waals surface area contributed by atoms with E-state index in [1.165, 1.54) is 28.9 Å². The fraction of sp³-hybridized carbons (Fsp3) is 0.625. The Kier molecular flexibility index (Phi) is 3.84. The summed E-state index contributed by atoms with van der Waals surface area (Å²) >= 11 is 0. The predicted octanol–water partition coefficient (Wildman–Crippen LogP) is 3.97. The van der Waals surface area contributed by atoms with Crippen LogP contribution in [0.5, 0.6) is 0 Å². The number of hydrogen-bond donors (Lipinski definition) is 1. The maximum absolute atomic E-state index is 3.59. The van der Waals surface area contributed by atoms with Crippen LogP contribution in [0.15, 0.2) is 12.1 Å². The molecule has 0 spiro atoms. The van der Waals surface area contributed by atoms with E-state index in [4.69, 9.17) is 0 Å². The van der Waals surface area contributed by atoms with E-state index in [1.54, 1.807) is 0 Å². The summed E-state index contributed by atoms with van der Waals surface area (Å²) in [6.45, 7) is 13.5. The Morgan fingerprint density at radius 1 is 1.28 bits per heavy atom. The first kappa shape index (κ1) is 13.3. The molecule has 0 saturated heterocycles. The third-order valence-electron chi connectivity index (χ3n) is 3.92. The molecule has 1 heterocycles. The maximum Gasteiger partial charge on any atom is 0.0608 e. The van der Waals surface area contributed by atoms with Gasteiger partial charge in [0.25, 0.3) is 0 Å². The van der Waals surface area contributed by atoms with E-state index in [9.17, 15) is 0 Å². The van der Waals surface area contributed by atoms with Crippen LogP contribution in [0.4, 0.5) is 11.4 Å². The number of fused-ring (bicyclic) bond motifs is 1. The van der Waals surface area contributed by atoms with Gasteiger partial charge in [-0.1, -0.05) is 20.8 Å². The van der Waals surface area contributed by atoms with Crippen LogP contribution in [0.25, 0.3) is 0 Å². The zero-order valence-electron chi connectivity index (χ0n) is 12.4. The number of nitrogens with zero attached hydrogens (tertiary/aromatic N) is 1. The van der Waals surface area contributed by atoms with Gasteiger partial charge in [-0.25, -0.2) is 0 Å². The lowest BCUT2D eigenvalue weighted by Gasteiger charge is -2.40. The van der Waals surface area contributed by atoms with Gasteiger partial charge in [-0.05, 0) is 49.4 Å². The molecule has 0 aromatic heterocycles. The molecule has 1 aromatic carbocycles. The Bertz CT molecular complexity index is 423. The third kappa shape index (κ3) is 2.47. The summed E-state index contributed by atoms with van der Waals surface area (Å²) in [7, 11) is 0. The Morgan fingerprint density at radius 3 is 2.56 bits per heavy atom. The molecule has 0 amide bonds. The molecular formula is C16H26N2. The number of rotatable bonds is 3. The van der Waals surface area contributed by atoms with Gasteiger partial charge < -0.3 is 10.2 Å².